The lowest BCUT2D eigenvalue weighted by Gasteiger charge is -2.17. The van der Waals surface area contributed by atoms with Crippen molar-refractivity contribution in [1.29, 1.82) is 0 Å². The largest absolute Gasteiger partial charge is 0.476 e. The number of fused-ring (bicyclic) bond motifs is 1. The Kier molecular flexibility index (Phi) is 3.06. The summed E-state index contributed by atoms with van der Waals surface area (Å²) in [6.07, 6.45) is 0. The quantitative estimate of drug-likeness (QED) is 0.785. The molecule has 2 rings (SSSR count). The molecular formula is C11H17N3O. The van der Waals surface area contributed by atoms with Gasteiger partial charge in [-0.3, -0.25) is 0 Å². The minimum Gasteiger partial charge on any atom is -0.476 e. The summed E-state index contributed by atoms with van der Waals surface area (Å²) in [4.78, 5) is 6.61. The lowest BCUT2D eigenvalue weighted by Crippen LogP contribution is -2.17. The fraction of sp³-hybridized carbons (Fsp3) is 0.545. The normalized spacial score (nSPS) is 15.1. The molecule has 1 aliphatic rings. The van der Waals surface area contributed by atoms with Gasteiger partial charge in [-0.2, -0.15) is 4.98 Å². The summed E-state index contributed by atoms with van der Waals surface area (Å²) >= 11 is 0. The number of ether oxygens (including phenoxy) is 1. The summed E-state index contributed by atoms with van der Waals surface area (Å²) in [6.45, 7) is 5.48. The molecule has 1 aromatic heterocycles. The van der Waals surface area contributed by atoms with E-state index in [0.717, 1.165) is 36.9 Å². The number of hydrogen-bond donors (Lipinski definition) is 1. The zero-order valence-corrected chi connectivity index (χ0v) is 9.29. The van der Waals surface area contributed by atoms with E-state index in [1.54, 1.807) is 0 Å². The minimum atomic E-state index is 0.694. The highest BCUT2D eigenvalue weighted by molar-refractivity contribution is 5.43. The van der Waals surface area contributed by atoms with E-state index in [4.69, 9.17) is 4.74 Å². The first-order valence-electron chi connectivity index (χ1n) is 5.36. The van der Waals surface area contributed by atoms with E-state index < -0.39 is 0 Å². The molecule has 0 fully saturated rings. The van der Waals surface area contributed by atoms with E-state index in [0.29, 0.717) is 6.61 Å². The van der Waals surface area contributed by atoms with E-state index in [2.05, 4.69) is 28.2 Å². The maximum absolute atomic E-state index is 5.58. The van der Waals surface area contributed by atoms with Crippen LogP contribution in [0.1, 0.15) is 12.5 Å². The van der Waals surface area contributed by atoms with Crippen molar-refractivity contribution in [3.05, 3.63) is 17.7 Å². The zero-order chi connectivity index (χ0) is 10.7. The molecule has 0 spiro atoms. The van der Waals surface area contributed by atoms with Gasteiger partial charge in [0.1, 0.15) is 12.4 Å². The molecule has 1 N–H and O–H groups in total. The van der Waals surface area contributed by atoms with Crippen LogP contribution < -0.4 is 15.0 Å². The molecule has 0 unspecified atom stereocenters. The third kappa shape index (κ3) is 2.21. The molecule has 4 nitrogen and oxygen atoms in total. The van der Waals surface area contributed by atoms with E-state index in [1.165, 1.54) is 0 Å². The van der Waals surface area contributed by atoms with Gasteiger partial charge in [-0.15, -0.1) is 0 Å². The standard InChI is InChI=1S/C11H17N3O/c1-3-14(2)10-5-4-9-8-12-6-7-15-11(9)13-10/h4-5,12H,3,6-8H2,1-2H3. The van der Waals surface area contributed by atoms with Crippen molar-refractivity contribution in [2.45, 2.75) is 13.5 Å². The predicted octanol–water partition coefficient (Wildman–Crippen LogP) is 1.02. The summed E-state index contributed by atoms with van der Waals surface area (Å²) in [7, 11) is 2.03. The average Bonchev–Trinajstić information content (AvgIpc) is 2.51. The predicted molar refractivity (Wildman–Crippen MR) is 60.4 cm³/mol. The molecule has 0 atom stereocenters. The summed E-state index contributed by atoms with van der Waals surface area (Å²) in [5.41, 5.74) is 1.14. The minimum absolute atomic E-state index is 0.694. The number of hydrogen-bond acceptors (Lipinski definition) is 4. The van der Waals surface area contributed by atoms with E-state index in [-0.39, 0.29) is 0 Å². The smallest absolute Gasteiger partial charge is 0.219 e. The molecule has 82 valence electrons. The fourth-order valence-corrected chi connectivity index (χ4v) is 1.54. The Bertz CT molecular complexity index is 341. The van der Waals surface area contributed by atoms with Gasteiger partial charge in [-0.1, -0.05) is 0 Å². The number of pyridine rings is 1. The van der Waals surface area contributed by atoms with Crippen LogP contribution >= 0.6 is 0 Å². The van der Waals surface area contributed by atoms with Crippen molar-refractivity contribution in [3.63, 3.8) is 0 Å². The zero-order valence-electron chi connectivity index (χ0n) is 9.29. The fourth-order valence-electron chi connectivity index (χ4n) is 1.54. The molecule has 0 aliphatic carbocycles. The summed E-state index contributed by atoms with van der Waals surface area (Å²) in [5, 5.41) is 3.29. The molecule has 0 bridgehead atoms. The van der Waals surface area contributed by atoms with Crippen molar-refractivity contribution in [3.8, 4) is 5.88 Å². The number of nitrogens with zero attached hydrogens (tertiary/aromatic N) is 2. The molecule has 4 heteroatoms. The molecular weight excluding hydrogens is 190 g/mol. The van der Waals surface area contributed by atoms with Gasteiger partial charge in [0, 0.05) is 32.2 Å². The van der Waals surface area contributed by atoms with E-state index >= 15 is 0 Å². The lowest BCUT2D eigenvalue weighted by molar-refractivity contribution is 0.314. The van der Waals surface area contributed by atoms with Gasteiger partial charge in [-0.05, 0) is 19.1 Å². The van der Waals surface area contributed by atoms with E-state index in [1.807, 2.05) is 13.1 Å². The van der Waals surface area contributed by atoms with Crippen LogP contribution in [0.2, 0.25) is 0 Å². The van der Waals surface area contributed by atoms with Gasteiger partial charge in [0.15, 0.2) is 0 Å². The molecule has 0 saturated heterocycles. The topological polar surface area (TPSA) is 37.4 Å². The van der Waals surface area contributed by atoms with Crippen molar-refractivity contribution >= 4 is 5.82 Å². The van der Waals surface area contributed by atoms with Crippen LogP contribution in [0.3, 0.4) is 0 Å². The molecule has 15 heavy (non-hydrogen) atoms. The molecule has 0 saturated carbocycles. The highest BCUT2D eigenvalue weighted by Crippen LogP contribution is 2.21. The van der Waals surface area contributed by atoms with Gasteiger partial charge >= 0.3 is 0 Å². The first-order valence-corrected chi connectivity index (χ1v) is 5.36. The van der Waals surface area contributed by atoms with Gasteiger partial charge in [0.05, 0.1) is 0 Å². The summed E-state index contributed by atoms with van der Waals surface area (Å²) < 4.78 is 5.58. The van der Waals surface area contributed by atoms with Crippen molar-refractivity contribution in [1.82, 2.24) is 10.3 Å². The van der Waals surface area contributed by atoms with E-state index in [9.17, 15) is 0 Å². The Labute approximate surface area is 90.3 Å². The van der Waals surface area contributed by atoms with Crippen molar-refractivity contribution < 1.29 is 4.74 Å². The first-order chi connectivity index (χ1) is 7.31. The van der Waals surface area contributed by atoms with Crippen LogP contribution in [-0.4, -0.2) is 31.7 Å². The number of aromatic nitrogens is 1. The Morgan fingerprint density at radius 2 is 2.40 bits per heavy atom. The molecule has 0 amide bonds. The molecule has 0 radical (unpaired) electrons. The third-order valence-electron chi connectivity index (χ3n) is 2.62. The Balaban J connectivity index is 2.27. The highest BCUT2D eigenvalue weighted by Gasteiger charge is 2.11. The first kappa shape index (κ1) is 10.2. The van der Waals surface area contributed by atoms with Crippen LogP contribution in [0, 0.1) is 0 Å². The van der Waals surface area contributed by atoms with Crippen LogP contribution in [0.25, 0.3) is 0 Å². The summed E-state index contributed by atoms with van der Waals surface area (Å²) in [6, 6.07) is 4.13. The maximum Gasteiger partial charge on any atom is 0.219 e. The molecule has 1 aliphatic heterocycles. The number of nitrogens with one attached hydrogen (secondary N) is 1. The van der Waals surface area contributed by atoms with Gasteiger partial charge in [0.25, 0.3) is 0 Å². The van der Waals surface area contributed by atoms with Crippen molar-refractivity contribution in [2.75, 3.05) is 31.6 Å². The third-order valence-corrected chi connectivity index (χ3v) is 2.62. The summed E-state index contributed by atoms with van der Waals surface area (Å²) in [5.74, 6) is 1.75. The Morgan fingerprint density at radius 1 is 1.53 bits per heavy atom. The number of rotatable bonds is 2. The molecule has 1 aromatic rings. The van der Waals surface area contributed by atoms with Crippen LogP contribution in [-0.2, 0) is 6.54 Å². The number of anilines is 1. The van der Waals surface area contributed by atoms with Crippen LogP contribution in [0.4, 0.5) is 5.82 Å². The lowest BCUT2D eigenvalue weighted by atomic mass is 10.2. The second kappa shape index (κ2) is 4.49. The maximum atomic E-state index is 5.58. The van der Waals surface area contributed by atoms with Crippen LogP contribution in [0.5, 0.6) is 5.88 Å². The second-order valence-corrected chi connectivity index (χ2v) is 3.67. The van der Waals surface area contributed by atoms with Crippen LogP contribution in [0.15, 0.2) is 12.1 Å². The average molecular weight is 207 g/mol. The SMILES string of the molecule is CCN(C)c1ccc2c(n1)OCCNC2. The van der Waals surface area contributed by atoms with Crippen molar-refractivity contribution in [2.24, 2.45) is 0 Å². The Morgan fingerprint density at radius 3 is 3.20 bits per heavy atom. The second-order valence-electron chi connectivity index (χ2n) is 3.67. The van der Waals surface area contributed by atoms with Gasteiger partial charge in [0.2, 0.25) is 5.88 Å². The monoisotopic (exact) mass is 207 g/mol. The Hall–Kier alpha value is -1.29. The molecule has 0 aromatic carbocycles. The highest BCUT2D eigenvalue weighted by atomic mass is 16.5. The molecule has 2 heterocycles. The van der Waals surface area contributed by atoms with Gasteiger partial charge < -0.3 is 15.0 Å². The van der Waals surface area contributed by atoms with Gasteiger partial charge in [-0.25, -0.2) is 0 Å².